The van der Waals surface area contributed by atoms with Gasteiger partial charge in [-0.1, -0.05) is 24.3 Å². The number of alkyl halides is 1. The lowest BCUT2D eigenvalue weighted by Crippen LogP contribution is -2.62. The third kappa shape index (κ3) is 4.01. The molecule has 0 N–H and O–H groups in total. The van der Waals surface area contributed by atoms with Crippen molar-refractivity contribution in [2.75, 3.05) is 32.8 Å². The molecule has 2 atom stereocenters. The van der Waals surface area contributed by atoms with E-state index >= 15 is 4.39 Å². The number of ether oxygens (including phenoxy) is 1. The molecule has 3 aliphatic rings. The second kappa shape index (κ2) is 8.48. The number of carbonyl (C=O) groups excluding carboxylic acids is 2. The summed E-state index contributed by atoms with van der Waals surface area (Å²) in [6.45, 7) is 1.50. The number of rotatable bonds is 3. The van der Waals surface area contributed by atoms with E-state index in [0.717, 1.165) is 0 Å². The Morgan fingerprint density at radius 3 is 2.06 bits per heavy atom. The fourth-order valence-corrected chi connectivity index (χ4v) is 5.26. The van der Waals surface area contributed by atoms with Crippen LogP contribution in [0.15, 0.2) is 48.5 Å². The quantitative estimate of drug-likeness (QED) is 0.701. The number of piperidine rings is 1. The lowest BCUT2D eigenvalue weighted by Gasteiger charge is -2.49. The molecule has 2 aromatic carbocycles. The van der Waals surface area contributed by atoms with Gasteiger partial charge in [0.05, 0.1) is 6.10 Å². The summed E-state index contributed by atoms with van der Waals surface area (Å²) in [5.41, 5.74) is -1.45. The van der Waals surface area contributed by atoms with Crippen molar-refractivity contribution in [3.63, 3.8) is 0 Å². The molecular weight excluding hydrogens is 433 g/mol. The normalized spacial score (nSPS) is 23.8. The SMILES string of the molecule is O=C1CO[C@H]2CCN(C(=O)N3CC(C(F)(c4ccc(F)cc4)c4ccc(F)cc4)C3)C[C@H]2C1. The molecule has 174 valence electrons. The zero-order valence-corrected chi connectivity index (χ0v) is 18.1. The van der Waals surface area contributed by atoms with Crippen molar-refractivity contribution >= 4 is 11.8 Å². The largest absolute Gasteiger partial charge is 0.370 e. The third-order valence-electron chi connectivity index (χ3n) is 7.13. The summed E-state index contributed by atoms with van der Waals surface area (Å²) in [6, 6.07) is 10.2. The number of fused-ring (bicyclic) bond motifs is 1. The monoisotopic (exact) mass is 458 g/mol. The van der Waals surface area contributed by atoms with Crippen molar-refractivity contribution < 1.29 is 27.5 Å². The molecule has 0 bridgehead atoms. The second-order valence-electron chi connectivity index (χ2n) is 9.20. The number of halogens is 3. The van der Waals surface area contributed by atoms with Gasteiger partial charge in [-0.15, -0.1) is 0 Å². The molecule has 3 fully saturated rings. The number of ketones is 1. The Labute approximate surface area is 190 Å². The fourth-order valence-electron chi connectivity index (χ4n) is 5.26. The Bertz CT molecular complexity index is 992. The van der Waals surface area contributed by atoms with Crippen LogP contribution in [0.4, 0.5) is 18.0 Å². The zero-order chi connectivity index (χ0) is 23.2. The van der Waals surface area contributed by atoms with Crippen molar-refractivity contribution in [1.82, 2.24) is 9.80 Å². The van der Waals surface area contributed by atoms with Gasteiger partial charge in [0.1, 0.15) is 18.2 Å². The number of hydrogen-bond donors (Lipinski definition) is 0. The highest BCUT2D eigenvalue weighted by molar-refractivity contribution is 5.81. The number of nitrogens with zero attached hydrogens (tertiary/aromatic N) is 2. The van der Waals surface area contributed by atoms with E-state index < -0.39 is 23.2 Å². The molecule has 33 heavy (non-hydrogen) atoms. The van der Waals surface area contributed by atoms with E-state index in [4.69, 9.17) is 4.74 Å². The van der Waals surface area contributed by atoms with Gasteiger partial charge in [0.15, 0.2) is 11.5 Å². The summed E-state index contributed by atoms with van der Waals surface area (Å²) in [4.78, 5) is 28.1. The van der Waals surface area contributed by atoms with Crippen LogP contribution in [0.3, 0.4) is 0 Å². The maximum atomic E-state index is 16.7. The first-order valence-corrected chi connectivity index (χ1v) is 11.2. The minimum absolute atomic E-state index is 0.000260. The number of benzene rings is 2. The average molecular weight is 458 g/mol. The Balaban J connectivity index is 1.31. The highest BCUT2D eigenvalue weighted by atomic mass is 19.1. The Morgan fingerprint density at radius 1 is 0.909 bits per heavy atom. The van der Waals surface area contributed by atoms with Gasteiger partial charge in [0, 0.05) is 44.4 Å². The first kappa shape index (κ1) is 21.9. The molecule has 0 aromatic heterocycles. The van der Waals surface area contributed by atoms with Crippen LogP contribution in [0.2, 0.25) is 0 Å². The van der Waals surface area contributed by atoms with E-state index in [1.807, 2.05) is 0 Å². The van der Waals surface area contributed by atoms with Crippen molar-refractivity contribution in [2.45, 2.75) is 24.6 Å². The van der Waals surface area contributed by atoms with Crippen molar-refractivity contribution in [2.24, 2.45) is 11.8 Å². The van der Waals surface area contributed by atoms with Gasteiger partial charge in [-0.3, -0.25) is 4.79 Å². The Kier molecular flexibility index (Phi) is 5.64. The van der Waals surface area contributed by atoms with Gasteiger partial charge in [-0.25, -0.2) is 18.0 Å². The van der Waals surface area contributed by atoms with Crippen LogP contribution >= 0.6 is 0 Å². The maximum Gasteiger partial charge on any atom is 0.320 e. The van der Waals surface area contributed by atoms with E-state index in [-0.39, 0.29) is 54.7 Å². The molecule has 0 saturated carbocycles. The van der Waals surface area contributed by atoms with Gasteiger partial charge in [-0.2, -0.15) is 0 Å². The van der Waals surface area contributed by atoms with E-state index in [9.17, 15) is 18.4 Å². The number of urea groups is 1. The van der Waals surface area contributed by atoms with Gasteiger partial charge in [0.25, 0.3) is 0 Å². The first-order valence-electron chi connectivity index (χ1n) is 11.2. The number of likely N-dealkylation sites (tertiary alicyclic amines) is 2. The van der Waals surface area contributed by atoms with Crippen LogP contribution in [-0.4, -0.2) is 60.5 Å². The molecular formula is C25H25F3N2O3. The average Bonchev–Trinajstić information content (AvgIpc) is 2.78. The smallest absolute Gasteiger partial charge is 0.320 e. The zero-order valence-electron chi connectivity index (χ0n) is 18.1. The molecule has 5 rings (SSSR count). The van der Waals surface area contributed by atoms with E-state index in [2.05, 4.69) is 0 Å². The summed E-state index contributed by atoms with van der Waals surface area (Å²) in [5.74, 6) is -1.46. The van der Waals surface area contributed by atoms with Gasteiger partial charge >= 0.3 is 6.03 Å². The standard InChI is InChI=1S/C25H25F3N2O3/c26-20-5-1-17(2-6-20)25(28,18-3-7-21(27)8-4-18)19-13-30(14-19)24(32)29-10-9-23-16(12-29)11-22(31)15-33-23/h1-8,16,19,23H,9-15H2/t16-,23+/m1/s1. The van der Waals surface area contributed by atoms with Crippen LogP contribution < -0.4 is 0 Å². The van der Waals surface area contributed by atoms with Gasteiger partial charge in [-0.05, 0) is 41.8 Å². The van der Waals surface area contributed by atoms with Crippen molar-refractivity contribution in [1.29, 1.82) is 0 Å². The topological polar surface area (TPSA) is 49.9 Å². The van der Waals surface area contributed by atoms with E-state index in [1.165, 1.54) is 48.5 Å². The summed E-state index contributed by atoms with van der Waals surface area (Å²) in [5, 5.41) is 0. The number of amides is 2. The molecule has 3 saturated heterocycles. The number of hydrogen-bond acceptors (Lipinski definition) is 3. The van der Waals surface area contributed by atoms with Crippen LogP contribution in [0.25, 0.3) is 0 Å². The minimum atomic E-state index is -1.99. The summed E-state index contributed by atoms with van der Waals surface area (Å²) >= 11 is 0. The van der Waals surface area contributed by atoms with Crippen LogP contribution in [0.5, 0.6) is 0 Å². The predicted molar refractivity (Wildman–Crippen MR) is 114 cm³/mol. The minimum Gasteiger partial charge on any atom is -0.370 e. The fraction of sp³-hybridized carbons (Fsp3) is 0.440. The van der Waals surface area contributed by atoms with Crippen molar-refractivity contribution in [3.05, 3.63) is 71.3 Å². The second-order valence-corrected chi connectivity index (χ2v) is 9.20. The van der Waals surface area contributed by atoms with Crippen LogP contribution in [0.1, 0.15) is 24.0 Å². The summed E-state index contributed by atoms with van der Waals surface area (Å²) in [6.07, 6.45) is 1.10. The predicted octanol–water partition coefficient (Wildman–Crippen LogP) is 3.91. The van der Waals surface area contributed by atoms with Crippen LogP contribution in [-0.2, 0) is 15.2 Å². The Morgan fingerprint density at radius 2 is 1.48 bits per heavy atom. The lowest BCUT2D eigenvalue weighted by molar-refractivity contribution is -0.140. The summed E-state index contributed by atoms with van der Waals surface area (Å²) in [7, 11) is 0. The third-order valence-corrected chi connectivity index (χ3v) is 7.13. The molecule has 0 unspecified atom stereocenters. The molecule has 0 radical (unpaired) electrons. The number of carbonyl (C=O) groups is 2. The molecule has 8 heteroatoms. The molecule has 5 nitrogen and oxygen atoms in total. The maximum absolute atomic E-state index is 16.7. The molecule has 0 spiro atoms. The molecule has 2 aromatic rings. The molecule has 2 amide bonds. The van der Waals surface area contributed by atoms with Gasteiger partial charge in [0.2, 0.25) is 0 Å². The van der Waals surface area contributed by atoms with E-state index in [0.29, 0.717) is 25.9 Å². The highest BCUT2D eigenvalue weighted by Crippen LogP contribution is 2.45. The lowest BCUT2D eigenvalue weighted by atomic mass is 9.74. The molecule has 0 aliphatic carbocycles. The Hall–Kier alpha value is -2.87. The summed E-state index contributed by atoms with van der Waals surface area (Å²) < 4.78 is 49.2. The van der Waals surface area contributed by atoms with Crippen LogP contribution in [0, 0.1) is 23.5 Å². The highest BCUT2D eigenvalue weighted by Gasteiger charge is 2.51. The first-order chi connectivity index (χ1) is 15.8. The van der Waals surface area contributed by atoms with E-state index in [1.54, 1.807) is 9.80 Å². The molecule has 3 aliphatic heterocycles. The van der Waals surface area contributed by atoms with Crippen molar-refractivity contribution in [3.8, 4) is 0 Å². The number of Topliss-reactive ketones (excluding diaryl/α,β-unsaturated/α-hetero) is 1. The van der Waals surface area contributed by atoms with Gasteiger partial charge < -0.3 is 14.5 Å². The molecule has 3 heterocycles.